The molecule has 0 aliphatic carbocycles. The lowest BCUT2D eigenvalue weighted by molar-refractivity contribution is 0.105. The van der Waals surface area contributed by atoms with Crippen molar-refractivity contribution in [2.45, 2.75) is 26.4 Å². The van der Waals surface area contributed by atoms with Gasteiger partial charge in [-0.15, -0.1) is 11.3 Å². The van der Waals surface area contributed by atoms with Crippen molar-refractivity contribution in [1.29, 1.82) is 0 Å². The van der Waals surface area contributed by atoms with E-state index in [1.165, 1.54) is 16.2 Å². The third kappa shape index (κ3) is 6.17. The number of benzene rings is 1. The number of ether oxygens (including phenoxy) is 1. The van der Waals surface area contributed by atoms with Gasteiger partial charge in [-0.25, -0.2) is 0 Å². The van der Waals surface area contributed by atoms with Crippen LogP contribution in [0.15, 0.2) is 58.7 Å². The number of allylic oxidation sites excluding steroid dienone is 1. The summed E-state index contributed by atoms with van der Waals surface area (Å²) in [5.74, 6) is 1.94. The van der Waals surface area contributed by atoms with Crippen LogP contribution >= 0.6 is 75.1 Å². The Balaban J connectivity index is 1.63. The number of ketones is 1. The number of halogens is 4. The molecular weight excluding hydrogens is 652 g/mol. The average Bonchev–Trinajstić information content (AvgIpc) is 3.26. The highest BCUT2D eigenvalue weighted by molar-refractivity contribution is 9.11. The van der Waals surface area contributed by atoms with Gasteiger partial charge >= 0.3 is 0 Å². The van der Waals surface area contributed by atoms with Crippen LogP contribution in [-0.2, 0) is 13.0 Å². The molecule has 0 spiro atoms. The standard InChI is InChI=1S/C21H16Br4O3S/c1-2-3-19-15(23)10-20(29-19)18(26)7-6-13-4-5-14(28-13)11-27-21-16(24)8-12(22)9-17(21)25/h4-10H,2-3,11H2,1H3/b7-6+. The summed E-state index contributed by atoms with van der Waals surface area (Å²) in [6.45, 7) is 2.40. The maximum atomic E-state index is 12.4. The fourth-order valence-electron chi connectivity index (χ4n) is 2.54. The Kier molecular flexibility index (Phi) is 8.39. The van der Waals surface area contributed by atoms with Crippen LogP contribution in [0.3, 0.4) is 0 Å². The summed E-state index contributed by atoms with van der Waals surface area (Å²) < 4.78 is 15.2. The van der Waals surface area contributed by atoms with Crippen LogP contribution in [-0.4, -0.2) is 5.78 Å². The Labute approximate surface area is 207 Å². The molecule has 0 aliphatic heterocycles. The van der Waals surface area contributed by atoms with E-state index in [2.05, 4.69) is 70.6 Å². The second kappa shape index (κ2) is 10.6. The molecule has 29 heavy (non-hydrogen) atoms. The summed E-state index contributed by atoms with van der Waals surface area (Å²) in [4.78, 5) is 14.3. The first-order chi connectivity index (χ1) is 13.9. The number of hydrogen-bond donors (Lipinski definition) is 0. The highest BCUT2D eigenvalue weighted by Gasteiger charge is 2.12. The Morgan fingerprint density at radius 1 is 1.10 bits per heavy atom. The second-order valence-corrected chi connectivity index (χ2v) is 10.7. The van der Waals surface area contributed by atoms with Crippen LogP contribution in [0, 0.1) is 0 Å². The van der Waals surface area contributed by atoms with Crippen molar-refractivity contribution < 1.29 is 13.9 Å². The van der Waals surface area contributed by atoms with E-state index in [1.54, 1.807) is 12.2 Å². The fourth-order valence-corrected chi connectivity index (χ4v) is 6.92. The molecule has 8 heteroatoms. The highest BCUT2D eigenvalue weighted by atomic mass is 79.9. The normalized spacial score (nSPS) is 11.3. The zero-order chi connectivity index (χ0) is 21.0. The topological polar surface area (TPSA) is 39.4 Å². The van der Waals surface area contributed by atoms with Gasteiger partial charge in [-0.05, 0) is 96.7 Å². The second-order valence-electron chi connectivity index (χ2n) is 6.12. The van der Waals surface area contributed by atoms with Gasteiger partial charge in [-0.1, -0.05) is 29.3 Å². The van der Waals surface area contributed by atoms with Crippen molar-refractivity contribution in [2.24, 2.45) is 0 Å². The lowest BCUT2D eigenvalue weighted by Crippen LogP contribution is -1.95. The van der Waals surface area contributed by atoms with Crippen molar-refractivity contribution in [3.8, 4) is 5.75 Å². The molecule has 0 aliphatic rings. The molecule has 3 nitrogen and oxygen atoms in total. The van der Waals surface area contributed by atoms with Crippen molar-refractivity contribution in [1.82, 2.24) is 0 Å². The number of carbonyl (C=O) groups is 1. The minimum Gasteiger partial charge on any atom is -0.483 e. The predicted molar refractivity (Wildman–Crippen MR) is 132 cm³/mol. The van der Waals surface area contributed by atoms with E-state index in [9.17, 15) is 4.79 Å². The van der Waals surface area contributed by atoms with Crippen LogP contribution < -0.4 is 4.74 Å². The molecule has 2 heterocycles. The number of carbonyl (C=O) groups excluding carboxylic acids is 1. The number of rotatable bonds is 8. The molecule has 3 rings (SSSR count). The Bertz CT molecular complexity index is 1030. The third-order valence-corrected chi connectivity index (χ3v) is 7.70. The minimum absolute atomic E-state index is 0.0324. The molecule has 0 atom stereocenters. The molecule has 1 aromatic carbocycles. The zero-order valence-corrected chi connectivity index (χ0v) is 22.5. The highest BCUT2D eigenvalue weighted by Crippen LogP contribution is 2.37. The molecule has 0 N–H and O–H groups in total. The van der Waals surface area contributed by atoms with Gasteiger partial charge in [-0.2, -0.15) is 0 Å². The van der Waals surface area contributed by atoms with E-state index < -0.39 is 0 Å². The van der Waals surface area contributed by atoms with Gasteiger partial charge in [0.2, 0.25) is 0 Å². The Hall–Kier alpha value is -0.670. The van der Waals surface area contributed by atoms with Crippen LogP contribution in [0.4, 0.5) is 0 Å². The minimum atomic E-state index is -0.0324. The smallest absolute Gasteiger partial charge is 0.195 e. The molecule has 0 radical (unpaired) electrons. The van der Waals surface area contributed by atoms with Gasteiger partial charge in [-0.3, -0.25) is 4.79 Å². The first kappa shape index (κ1) is 23.0. The largest absolute Gasteiger partial charge is 0.483 e. The predicted octanol–water partition coefficient (Wildman–Crippen LogP) is 8.82. The van der Waals surface area contributed by atoms with Crippen molar-refractivity contribution in [3.63, 3.8) is 0 Å². The molecule has 0 bridgehead atoms. The fraction of sp³-hybridized carbons (Fsp3) is 0.190. The third-order valence-electron chi connectivity index (χ3n) is 3.88. The summed E-state index contributed by atoms with van der Waals surface area (Å²) in [7, 11) is 0. The van der Waals surface area contributed by atoms with Crippen LogP contribution in [0.5, 0.6) is 5.75 Å². The van der Waals surface area contributed by atoms with Gasteiger partial charge < -0.3 is 9.15 Å². The maximum Gasteiger partial charge on any atom is 0.195 e. The molecule has 0 saturated carbocycles. The van der Waals surface area contributed by atoms with E-state index in [0.29, 0.717) is 17.3 Å². The first-order valence-electron chi connectivity index (χ1n) is 8.74. The molecule has 0 fully saturated rings. The van der Waals surface area contributed by atoms with Gasteiger partial charge in [0.1, 0.15) is 23.9 Å². The summed E-state index contributed by atoms with van der Waals surface area (Å²) in [5.41, 5.74) is 0. The maximum absolute atomic E-state index is 12.4. The molecular formula is C21H16Br4O3S. The Morgan fingerprint density at radius 2 is 1.83 bits per heavy atom. The van der Waals surface area contributed by atoms with Gasteiger partial charge in [0, 0.05) is 13.8 Å². The summed E-state index contributed by atoms with van der Waals surface area (Å²) in [6.07, 6.45) is 5.24. The van der Waals surface area contributed by atoms with E-state index in [4.69, 9.17) is 9.15 Å². The molecule has 3 aromatic rings. The van der Waals surface area contributed by atoms with Crippen molar-refractivity contribution in [3.05, 3.63) is 75.6 Å². The molecule has 0 unspecified atom stereocenters. The molecule has 0 saturated heterocycles. The monoisotopic (exact) mass is 664 g/mol. The summed E-state index contributed by atoms with van der Waals surface area (Å²) in [5, 5.41) is 0. The van der Waals surface area contributed by atoms with Crippen LogP contribution in [0.25, 0.3) is 6.08 Å². The van der Waals surface area contributed by atoms with E-state index in [0.717, 1.165) is 35.6 Å². The summed E-state index contributed by atoms with van der Waals surface area (Å²) in [6, 6.07) is 9.37. The number of aryl methyl sites for hydroxylation is 1. The number of furan rings is 1. The number of thiophene rings is 1. The lowest BCUT2D eigenvalue weighted by Gasteiger charge is -2.09. The molecule has 0 amide bonds. The van der Waals surface area contributed by atoms with Crippen molar-refractivity contribution >= 4 is 86.9 Å². The Morgan fingerprint density at radius 3 is 2.52 bits per heavy atom. The number of hydrogen-bond acceptors (Lipinski definition) is 4. The zero-order valence-electron chi connectivity index (χ0n) is 15.3. The lowest BCUT2D eigenvalue weighted by atomic mass is 10.2. The van der Waals surface area contributed by atoms with Gasteiger partial charge in [0.15, 0.2) is 5.78 Å². The quantitative estimate of drug-likeness (QED) is 0.178. The van der Waals surface area contributed by atoms with E-state index in [-0.39, 0.29) is 12.4 Å². The van der Waals surface area contributed by atoms with Crippen LogP contribution in [0.2, 0.25) is 0 Å². The first-order valence-corrected chi connectivity index (χ1v) is 12.7. The van der Waals surface area contributed by atoms with E-state index >= 15 is 0 Å². The van der Waals surface area contributed by atoms with Crippen LogP contribution in [0.1, 0.15) is 39.4 Å². The van der Waals surface area contributed by atoms with Crippen molar-refractivity contribution in [2.75, 3.05) is 0 Å². The SMILES string of the molecule is CCCc1sc(C(=O)/C=C/c2ccc(COc3c(Br)cc(Br)cc3Br)o2)cc1Br. The van der Waals surface area contributed by atoms with Gasteiger partial charge in [0.05, 0.1) is 13.8 Å². The van der Waals surface area contributed by atoms with Gasteiger partial charge in [0.25, 0.3) is 0 Å². The van der Waals surface area contributed by atoms with E-state index in [1.807, 2.05) is 30.3 Å². The molecule has 152 valence electrons. The summed E-state index contributed by atoms with van der Waals surface area (Å²) >= 11 is 15.5. The average molecular weight is 668 g/mol. The molecule has 2 aromatic heterocycles.